The third-order valence-corrected chi connectivity index (χ3v) is 4.29. The molecule has 2 heterocycles. The van der Waals surface area contributed by atoms with Gasteiger partial charge in [-0.2, -0.15) is 5.10 Å². The van der Waals surface area contributed by atoms with Gasteiger partial charge >= 0.3 is 0 Å². The average Bonchev–Trinajstić information content (AvgIpc) is 3.22. The van der Waals surface area contributed by atoms with Crippen LogP contribution in [-0.2, 0) is 6.42 Å². The number of nitrogens with one attached hydrogen (secondary N) is 1. The molecule has 0 radical (unpaired) electrons. The number of hydrogen-bond donors (Lipinski definition) is 1. The molecule has 3 aromatic rings. The highest BCUT2D eigenvalue weighted by atomic mass is 16.5. The minimum atomic E-state index is -0.118. The summed E-state index contributed by atoms with van der Waals surface area (Å²) < 4.78 is 7.31. The van der Waals surface area contributed by atoms with Gasteiger partial charge in [0.15, 0.2) is 5.82 Å². The third-order valence-electron chi connectivity index (χ3n) is 4.29. The van der Waals surface area contributed by atoms with Crippen molar-refractivity contribution in [2.75, 3.05) is 0 Å². The number of carbonyl (C=O) groups is 1. The van der Waals surface area contributed by atoms with Gasteiger partial charge in [0.25, 0.3) is 5.91 Å². The number of rotatable bonds is 8. The summed E-state index contributed by atoms with van der Waals surface area (Å²) in [7, 11) is 0. The molecule has 2 aromatic heterocycles. The van der Waals surface area contributed by atoms with Crippen LogP contribution >= 0.6 is 0 Å². The predicted molar refractivity (Wildman–Crippen MR) is 109 cm³/mol. The smallest absolute Gasteiger partial charge is 0.253 e. The Bertz CT molecular complexity index is 872. The summed E-state index contributed by atoms with van der Waals surface area (Å²) in [4.78, 5) is 16.7. The quantitative estimate of drug-likeness (QED) is 0.647. The topological polar surface area (TPSA) is 69.0 Å². The van der Waals surface area contributed by atoms with Gasteiger partial charge in [-0.3, -0.25) is 4.79 Å². The van der Waals surface area contributed by atoms with Gasteiger partial charge in [-0.25, -0.2) is 9.67 Å². The minimum Gasteiger partial charge on any atom is -0.491 e. The van der Waals surface area contributed by atoms with E-state index in [-0.39, 0.29) is 18.1 Å². The Morgan fingerprint density at radius 2 is 1.93 bits per heavy atom. The second kappa shape index (κ2) is 9.17. The molecule has 0 fully saturated rings. The number of aromatic nitrogens is 3. The standard InChI is InChI=1S/C22H26N4O2/c1-16(2)28-20-10-7-18(8-11-20)6-5-17(3)25-22(27)19-9-12-21(23-15-19)26-14-4-13-24-26/h4,7-17H,5-6H2,1-3H3,(H,25,27). The molecule has 0 spiro atoms. The lowest BCUT2D eigenvalue weighted by Gasteiger charge is -2.14. The number of hydrogen-bond acceptors (Lipinski definition) is 4. The molecule has 6 heteroatoms. The monoisotopic (exact) mass is 378 g/mol. The van der Waals surface area contributed by atoms with Gasteiger partial charge in [0.1, 0.15) is 5.75 Å². The number of ether oxygens (including phenoxy) is 1. The molecule has 0 bridgehead atoms. The molecule has 1 N–H and O–H groups in total. The second-order valence-corrected chi connectivity index (χ2v) is 7.08. The fourth-order valence-corrected chi connectivity index (χ4v) is 2.83. The third kappa shape index (κ3) is 5.42. The molecule has 1 amide bonds. The number of carbonyl (C=O) groups excluding carboxylic acids is 1. The molecule has 0 saturated heterocycles. The van der Waals surface area contributed by atoms with Crippen molar-refractivity contribution >= 4 is 5.91 Å². The summed E-state index contributed by atoms with van der Waals surface area (Å²) in [5.41, 5.74) is 1.76. The van der Waals surface area contributed by atoms with Crippen LogP contribution in [0.2, 0.25) is 0 Å². The highest BCUT2D eigenvalue weighted by molar-refractivity contribution is 5.94. The highest BCUT2D eigenvalue weighted by Crippen LogP contribution is 2.15. The molecule has 146 valence electrons. The molecule has 1 unspecified atom stereocenters. The zero-order valence-corrected chi connectivity index (χ0v) is 16.5. The molecule has 0 aliphatic carbocycles. The van der Waals surface area contributed by atoms with E-state index >= 15 is 0 Å². The fourth-order valence-electron chi connectivity index (χ4n) is 2.83. The van der Waals surface area contributed by atoms with E-state index in [1.54, 1.807) is 29.2 Å². The average molecular weight is 378 g/mol. The maximum atomic E-state index is 12.4. The van der Waals surface area contributed by atoms with Gasteiger partial charge in [-0.05, 0) is 69.5 Å². The predicted octanol–water partition coefficient (Wildman–Crippen LogP) is 3.81. The first-order valence-corrected chi connectivity index (χ1v) is 9.54. The van der Waals surface area contributed by atoms with Crippen molar-refractivity contribution in [3.05, 3.63) is 72.2 Å². The largest absolute Gasteiger partial charge is 0.491 e. The van der Waals surface area contributed by atoms with E-state index in [0.29, 0.717) is 11.4 Å². The number of amides is 1. The minimum absolute atomic E-state index is 0.0601. The van der Waals surface area contributed by atoms with Crippen LogP contribution in [0, 0.1) is 0 Å². The van der Waals surface area contributed by atoms with Gasteiger partial charge in [-0.1, -0.05) is 12.1 Å². The summed E-state index contributed by atoms with van der Waals surface area (Å²) >= 11 is 0. The zero-order valence-electron chi connectivity index (χ0n) is 16.5. The maximum Gasteiger partial charge on any atom is 0.253 e. The Balaban J connectivity index is 1.49. The SMILES string of the molecule is CC(CCc1ccc(OC(C)C)cc1)NC(=O)c1ccc(-n2cccn2)nc1. The van der Waals surface area contributed by atoms with Crippen LogP contribution in [0.1, 0.15) is 43.1 Å². The Morgan fingerprint density at radius 1 is 1.14 bits per heavy atom. The van der Waals surface area contributed by atoms with Crippen molar-refractivity contribution in [3.63, 3.8) is 0 Å². The molecular weight excluding hydrogens is 352 g/mol. The lowest BCUT2D eigenvalue weighted by molar-refractivity contribution is 0.0938. The van der Waals surface area contributed by atoms with Crippen molar-refractivity contribution in [2.24, 2.45) is 0 Å². The van der Waals surface area contributed by atoms with Gasteiger partial charge in [0.05, 0.1) is 11.7 Å². The Hall–Kier alpha value is -3.15. The number of aryl methyl sites for hydroxylation is 1. The second-order valence-electron chi connectivity index (χ2n) is 7.08. The molecule has 1 aromatic carbocycles. The molecular formula is C22H26N4O2. The Kier molecular flexibility index (Phi) is 6.42. The van der Waals surface area contributed by atoms with Crippen LogP contribution in [0.3, 0.4) is 0 Å². The van der Waals surface area contributed by atoms with Gasteiger partial charge < -0.3 is 10.1 Å². The molecule has 0 aliphatic rings. The Morgan fingerprint density at radius 3 is 2.54 bits per heavy atom. The number of pyridine rings is 1. The molecule has 28 heavy (non-hydrogen) atoms. The van der Waals surface area contributed by atoms with Crippen LogP contribution in [0.5, 0.6) is 5.75 Å². The summed E-state index contributed by atoms with van der Waals surface area (Å²) in [6, 6.07) is 13.6. The van der Waals surface area contributed by atoms with Crippen LogP contribution in [-0.4, -0.2) is 32.8 Å². The van der Waals surface area contributed by atoms with E-state index in [4.69, 9.17) is 4.74 Å². The van der Waals surface area contributed by atoms with E-state index in [2.05, 4.69) is 27.5 Å². The van der Waals surface area contributed by atoms with Crippen LogP contribution in [0.25, 0.3) is 5.82 Å². The molecule has 1 atom stereocenters. The summed E-state index contributed by atoms with van der Waals surface area (Å²) in [6.45, 7) is 6.04. The first-order chi connectivity index (χ1) is 13.5. The molecule has 6 nitrogen and oxygen atoms in total. The van der Waals surface area contributed by atoms with Crippen LogP contribution < -0.4 is 10.1 Å². The summed E-state index contributed by atoms with van der Waals surface area (Å²) in [5.74, 6) is 1.44. The van der Waals surface area contributed by atoms with Crippen molar-refractivity contribution in [3.8, 4) is 11.6 Å². The van der Waals surface area contributed by atoms with E-state index in [1.165, 1.54) is 5.56 Å². The summed E-state index contributed by atoms with van der Waals surface area (Å²) in [5, 5.41) is 7.16. The summed E-state index contributed by atoms with van der Waals surface area (Å²) in [6.07, 6.45) is 6.99. The van der Waals surface area contributed by atoms with Crippen molar-refractivity contribution < 1.29 is 9.53 Å². The molecule has 0 saturated carbocycles. The van der Waals surface area contributed by atoms with Gasteiger partial charge in [0, 0.05) is 24.6 Å². The maximum absolute atomic E-state index is 12.4. The fraction of sp³-hybridized carbons (Fsp3) is 0.318. The van der Waals surface area contributed by atoms with Crippen molar-refractivity contribution in [2.45, 2.75) is 45.8 Å². The van der Waals surface area contributed by atoms with Crippen LogP contribution in [0.4, 0.5) is 0 Å². The number of nitrogens with zero attached hydrogens (tertiary/aromatic N) is 3. The Labute approximate surface area is 165 Å². The van der Waals surface area contributed by atoms with Gasteiger partial charge in [0.2, 0.25) is 0 Å². The van der Waals surface area contributed by atoms with Crippen LogP contribution in [0.15, 0.2) is 61.1 Å². The van der Waals surface area contributed by atoms with E-state index in [9.17, 15) is 4.79 Å². The number of benzene rings is 1. The van der Waals surface area contributed by atoms with E-state index in [0.717, 1.165) is 18.6 Å². The first kappa shape index (κ1) is 19.6. The molecule has 0 aliphatic heterocycles. The van der Waals surface area contributed by atoms with Crippen molar-refractivity contribution in [1.29, 1.82) is 0 Å². The van der Waals surface area contributed by atoms with E-state index in [1.807, 2.05) is 45.2 Å². The van der Waals surface area contributed by atoms with Crippen molar-refractivity contribution in [1.82, 2.24) is 20.1 Å². The lowest BCUT2D eigenvalue weighted by Crippen LogP contribution is -2.33. The zero-order chi connectivity index (χ0) is 19.9. The lowest BCUT2D eigenvalue weighted by atomic mass is 10.1. The van der Waals surface area contributed by atoms with E-state index < -0.39 is 0 Å². The highest BCUT2D eigenvalue weighted by Gasteiger charge is 2.11. The normalized spacial score (nSPS) is 12.0. The first-order valence-electron chi connectivity index (χ1n) is 9.54. The molecule has 3 rings (SSSR count). The van der Waals surface area contributed by atoms with Gasteiger partial charge in [-0.15, -0.1) is 0 Å².